The Labute approximate surface area is 156 Å². The van der Waals surface area contributed by atoms with Gasteiger partial charge in [-0.1, -0.05) is 6.07 Å². The van der Waals surface area contributed by atoms with Gasteiger partial charge in [0.1, 0.15) is 6.61 Å². The second-order valence-corrected chi connectivity index (χ2v) is 6.43. The Kier molecular flexibility index (Phi) is 5.02. The first kappa shape index (κ1) is 17.5. The van der Waals surface area contributed by atoms with Crippen LogP contribution in [0, 0.1) is 5.95 Å². The molecular formula is C20H19FN4O2. The standard InChI is InChI=1S/C20H19FN4O2/c21-19-7-3-4-13(24-19)12-27-20-8-16(15-5-1-2-6-17(15)25-20)18-10-22-9-14(11-26)23-18/h3-4,7-10,26H,1-2,5-6,11-12H2. The molecule has 0 spiro atoms. The summed E-state index contributed by atoms with van der Waals surface area (Å²) in [4.78, 5) is 17.1. The third kappa shape index (κ3) is 3.93. The van der Waals surface area contributed by atoms with Crippen molar-refractivity contribution in [3.05, 3.63) is 65.3 Å². The fraction of sp³-hybridized carbons (Fsp3) is 0.300. The molecule has 0 fully saturated rings. The minimum atomic E-state index is -0.536. The fourth-order valence-corrected chi connectivity index (χ4v) is 3.27. The van der Waals surface area contributed by atoms with Gasteiger partial charge in [-0.05, 0) is 43.4 Å². The van der Waals surface area contributed by atoms with E-state index in [0.29, 0.717) is 23.0 Å². The summed E-state index contributed by atoms with van der Waals surface area (Å²) in [7, 11) is 0. The average Bonchev–Trinajstić information content (AvgIpc) is 2.72. The first-order chi connectivity index (χ1) is 13.2. The van der Waals surface area contributed by atoms with Gasteiger partial charge in [-0.25, -0.2) is 15.0 Å². The van der Waals surface area contributed by atoms with E-state index >= 15 is 0 Å². The van der Waals surface area contributed by atoms with Crippen molar-refractivity contribution in [3.63, 3.8) is 0 Å². The van der Waals surface area contributed by atoms with Crippen molar-refractivity contribution < 1.29 is 14.2 Å². The molecule has 0 saturated carbocycles. The van der Waals surface area contributed by atoms with E-state index in [-0.39, 0.29) is 13.2 Å². The number of aliphatic hydroxyl groups excluding tert-OH is 1. The summed E-state index contributed by atoms with van der Waals surface area (Å²) in [5.41, 5.74) is 4.78. The molecule has 1 aliphatic carbocycles. The summed E-state index contributed by atoms with van der Waals surface area (Å²) in [6, 6.07) is 6.45. The number of nitrogens with zero attached hydrogens (tertiary/aromatic N) is 4. The molecule has 27 heavy (non-hydrogen) atoms. The lowest BCUT2D eigenvalue weighted by Gasteiger charge is -2.20. The van der Waals surface area contributed by atoms with Gasteiger partial charge in [0.25, 0.3) is 0 Å². The second-order valence-electron chi connectivity index (χ2n) is 6.43. The van der Waals surface area contributed by atoms with E-state index in [1.54, 1.807) is 24.5 Å². The predicted molar refractivity (Wildman–Crippen MR) is 96.4 cm³/mol. The molecule has 7 heteroatoms. The molecule has 0 atom stereocenters. The minimum Gasteiger partial charge on any atom is -0.471 e. The van der Waals surface area contributed by atoms with Crippen LogP contribution in [-0.4, -0.2) is 25.0 Å². The number of halogens is 1. The lowest BCUT2D eigenvalue weighted by atomic mass is 9.91. The second kappa shape index (κ2) is 7.75. The van der Waals surface area contributed by atoms with E-state index in [1.807, 2.05) is 6.07 Å². The van der Waals surface area contributed by atoms with Crippen LogP contribution in [0.15, 0.2) is 36.7 Å². The van der Waals surface area contributed by atoms with Gasteiger partial charge in [-0.3, -0.25) is 4.98 Å². The van der Waals surface area contributed by atoms with Gasteiger partial charge in [-0.15, -0.1) is 0 Å². The maximum atomic E-state index is 13.3. The van der Waals surface area contributed by atoms with Crippen LogP contribution < -0.4 is 4.74 Å². The molecule has 1 aliphatic rings. The highest BCUT2D eigenvalue weighted by Crippen LogP contribution is 2.32. The van der Waals surface area contributed by atoms with Crippen molar-refractivity contribution in [2.75, 3.05) is 0 Å². The topological polar surface area (TPSA) is 81.0 Å². The molecule has 0 unspecified atom stereocenters. The van der Waals surface area contributed by atoms with Gasteiger partial charge in [0.05, 0.1) is 36.1 Å². The lowest BCUT2D eigenvalue weighted by Crippen LogP contribution is -2.10. The normalized spacial score (nSPS) is 13.3. The molecular weight excluding hydrogens is 347 g/mol. The summed E-state index contributed by atoms with van der Waals surface area (Å²) < 4.78 is 19.1. The number of aliphatic hydroxyl groups is 1. The summed E-state index contributed by atoms with van der Waals surface area (Å²) in [5.74, 6) is -0.0841. The van der Waals surface area contributed by atoms with E-state index in [2.05, 4.69) is 19.9 Å². The zero-order chi connectivity index (χ0) is 18.6. The van der Waals surface area contributed by atoms with Crippen LogP contribution in [0.3, 0.4) is 0 Å². The number of fused-ring (bicyclic) bond motifs is 1. The number of ether oxygens (including phenoxy) is 1. The first-order valence-corrected chi connectivity index (χ1v) is 8.92. The van der Waals surface area contributed by atoms with Gasteiger partial charge in [0.2, 0.25) is 11.8 Å². The Bertz CT molecular complexity index is 964. The SMILES string of the molecule is OCc1cncc(-c2cc(OCc3cccc(F)n3)nc3c2CCCC3)n1. The van der Waals surface area contributed by atoms with E-state index in [1.165, 1.54) is 6.07 Å². The molecule has 0 amide bonds. The van der Waals surface area contributed by atoms with E-state index in [0.717, 1.165) is 42.5 Å². The summed E-state index contributed by atoms with van der Waals surface area (Å²) >= 11 is 0. The Morgan fingerprint density at radius 1 is 1.04 bits per heavy atom. The summed E-state index contributed by atoms with van der Waals surface area (Å²) in [6.07, 6.45) is 7.21. The quantitative estimate of drug-likeness (QED) is 0.699. The predicted octanol–water partition coefficient (Wildman–Crippen LogP) is 3.02. The van der Waals surface area contributed by atoms with Crippen LogP contribution in [0.1, 0.15) is 35.5 Å². The molecule has 3 heterocycles. The molecule has 4 rings (SSSR count). The van der Waals surface area contributed by atoms with Gasteiger partial charge in [0, 0.05) is 17.3 Å². The Morgan fingerprint density at radius 3 is 2.78 bits per heavy atom. The molecule has 0 saturated heterocycles. The highest BCUT2D eigenvalue weighted by molar-refractivity contribution is 5.65. The molecule has 0 radical (unpaired) electrons. The van der Waals surface area contributed by atoms with Gasteiger partial charge < -0.3 is 9.84 Å². The third-order valence-corrected chi connectivity index (χ3v) is 4.54. The van der Waals surface area contributed by atoms with Crippen LogP contribution in [0.2, 0.25) is 0 Å². The van der Waals surface area contributed by atoms with Crippen LogP contribution in [-0.2, 0) is 26.1 Å². The maximum absolute atomic E-state index is 13.3. The highest BCUT2D eigenvalue weighted by atomic mass is 19.1. The number of aryl methyl sites for hydroxylation is 1. The van der Waals surface area contributed by atoms with E-state index in [9.17, 15) is 9.50 Å². The molecule has 0 aliphatic heterocycles. The highest BCUT2D eigenvalue weighted by Gasteiger charge is 2.19. The molecule has 1 N–H and O–H groups in total. The zero-order valence-corrected chi connectivity index (χ0v) is 14.7. The number of pyridine rings is 2. The van der Waals surface area contributed by atoms with Crippen LogP contribution in [0.4, 0.5) is 4.39 Å². The number of aromatic nitrogens is 4. The Hall–Kier alpha value is -2.93. The first-order valence-electron chi connectivity index (χ1n) is 8.92. The van der Waals surface area contributed by atoms with E-state index in [4.69, 9.17) is 4.74 Å². The number of hydrogen-bond donors (Lipinski definition) is 1. The molecule has 0 bridgehead atoms. The fourth-order valence-electron chi connectivity index (χ4n) is 3.27. The van der Waals surface area contributed by atoms with Crippen molar-refractivity contribution >= 4 is 0 Å². The average molecular weight is 366 g/mol. The molecule has 3 aromatic heterocycles. The van der Waals surface area contributed by atoms with Crippen LogP contribution >= 0.6 is 0 Å². The Balaban J connectivity index is 1.68. The van der Waals surface area contributed by atoms with Crippen molar-refractivity contribution in [3.8, 4) is 17.1 Å². The number of hydrogen-bond acceptors (Lipinski definition) is 6. The van der Waals surface area contributed by atoms with E-state index < -0.39 is 5.95 Å². The number of rotatable bonds is 5. The molecule has 138 valence electrons. The molecule has 0 aromatic carbocycles. The van der Waals surface area contributed by atoms with Crippen molar-refractivity contribution in [1.82, 2.24) is 19.9 Å². The molecule has 3 aromatic rings. The smallest absolute Gasteiger partial charge is 0.214 e. The minimum absolute atomic E-state index is 0.130. The van der Waals surface area contributed by atoms with Crippen molar-refractivity contribution in [2.45, 2.75) is 38.9 Å². The summed E-state index contributed by atoms with van der Waals surface area (Å²) in [6.45, 7) is -0.0337. The van der Waals surface area contributed by atoms with Crippen molar-refractivity contribution in [2.24, 2.45) is 0 Å². The lowest BCUT2D eigenvalue weighted by molar-refractivity contribution is 0.276. The maximum Gasteiger partial charge on any atom is 0.214 e. The largest absolute Gasteiger partial charge is 0.471 e. The van der Waals surface area contributed by atoms with Gasteiger partial charge >= 0.3 is 0 Å². The van der Waals surface area contributed by atoms with Gasteiger partial charge in [-0.2, -0.15) is 4.39 Å². The van der Waals surface area contributed by atoms with Gasteiger partial charge in [0.15, 0.2) is 0 Å². The zero-order valence-electron chi connectivity index (χ0n) is 14.7. The van der Waals surface area contributed by atoms with Crippen molar-refractivity contribution in [1.29, 1.82) is 0 Å². The molecule has 6 nitrogen and oxygen atoms in total. The Morgan fingerprint density at radius 2 is 1.93 bits per heavy atom. The van der Waals surface area contributed by atoms with Crippen LogP contribution in [0.5, 0.6) is 5.88 Å². The third-order valence-electron chi connectivity index (χ3n) is 4.54. The monoisotopic (exact) mass is 366 g/mol. The van der Waals surface area contributed by atoms with Crippen LogP contribution in [0.25, 0.3) is 11.3 Å². The summed E-state index contributed by atoms with van der Waals surface area (Å²) in [5, 5.41) is 9.36.